The van der Waals surface area contributed by atoms with E-state index in [0.29, 0.717) is 10.7 Å². The van der Waals surface area contributed by atoms with Gasteiger partial charge in [0.1, 0.15) is 17.6 Å². The summed E-state index contributed by atoms with van der Waals surface area (Å²) < 4.78 is 5.30. The lowest BCUT2D eigenvalue weighted by atomic mass is 10.0. The smallest absolute Gasteiger partial charge is 0.173 e. The molecule has 0 bridgehead atoms. The van der Waals surface area contributed by atoms with Crippen molar-refractivity contribution in [3.63, 3.8) is 0 Å². The number of thiocarbonyl (C=S) groups is 1. The van der Waals surface area contributed by atoms with Gasteiger partial charge in [-0.1, -0.05) is 18.2 Å². The lowest BCUT2D eigenvalue weighted by Gasteiger charge is -2.26. The van der Waals surface area contributed by atoms with Crippen LogP contribution >= 0.6 is 12.2 Å². The zero-order valence-corrected chi connectivity index (χ0v) is 19.5. The predicted octanol–water partition coefficient (Wildman–Crippen LogP) is 4.64. The third-order valence-electron chi connectivity index (χ3n) is 6.02. The number of methoxy groups -OCH3 is 1. The second-order valence-electron chi connectivity index (χ2n) is 8.04. The summed E-state index contributed by atoms with van der Waals surface area (Å²) in [5.41, 5.74) is 4.86. The van der Waals surface area contributed by atoms with E-state index in [1.54, 1.807) is 7.11 Å². The van der Waals surface area contributed by atoms with E-state index in [9.17, 15) is 5.26 Å². The highest BCUT2D eigenvalue weighted by atomic mass is 32.1. The first-order chi connectivity index (χ1) is 15.5. The second kappa shape index (κ2) is 9.41. The van der Waals surface area contributed by atoms with Gasteiger partial charge in [0, 0.05) is 43.3 Å². The van der Waals surface area contributed by atoms with Crippen molar-refractivity contribution >= 4 is 39.7 Å². The fraction of sp³-hybridized carbons (Fsp3) is 0.320. The van der Waals surface area contributed by atoms with Gasteiger partial charge in [0.2, 0.25) is 0 Å². The molecule has 0 atom stereocenters. The third kappa shape index (κ3) is 4.46. The SMILES string of the molecule is COc1cccc(NC(=S)N2CCCN(c3nc4c(C)c(C)ccc4cc3C#N)CC2)c1. The molecule has 0 radical (unpaired) electrons. The molecule has 3 aromatic rings. The van der Waals surface area contributed by atoms with Gasteiger partial charge in [0.15, 0.2) is 5.11 Å². The summed E-state index contributed by atoms with van der Waals surface area (Å²) in [5, 5.41) is 14.8. The van der Waals surface area contributed by atoms with Crippen molar-refractivity contribution in [1.82, 2.24) is 9.88 Å². The number of nitrogens with one attached hydrogen (secondary N) is 1. The number of rotatable bonds is 3. The Bertz CT molecular complexity index is 1200. The summed E-state index contributed by atoms with van der Waals surface area (Å²) in [6, 6.07) is 16.2. The molecule has 0 unspecified atom stereocenters. The predicted molar refractivity (Wildman–Crippen MR) is 134 cm³/mol. The van der Waals surface area contributed by atoms with Crippen molar-refractivity contribution in [1.29, 1.82) is 5.26 Å². The number of fused-ring (bicyclic) bond motifs is 1. The largest absolute Gasteiger partial charge is 0.497 e. The minimum atomic E-state index is 0.617. The molecule has 4 rings (SSSR count). The molecule has 164 valence electrons. The number of nitriles is 1. The number of aryl methyl sites for hydroxylation is 2. The third-order valence-corrected chi connectivity index (χ3v) is 6.38. The topological polar surface area (TPSA) is 64.4 Å². The van der Waals surface area contributed by atoms with E-state index in [2.05, 4.69) is 41.1 Å². The molecule has 0 spiro atoms. The van der Waals surface area contributed by atoms with Crippen LogP contribution in [0.1, 0.15) is 23.1 Å². The van der Waals surface area contributed by atoms with E-state index < -0.39 is 0 Å². The van der Waals surface area contributed by atoms with Gasteiger partial charge in [-0.15, -0.1) is 0 Å². The highest BCUT2D eigenvalue weighted by Crippen LogP contribution is 2.27. The molecule has 7 heteroatoms. The fourth-order valence-electron chi connectivity index (χ4n) is 4.03. The first-order valence-electron chi connectivity index (χ1n) is 10.8. The van der Waals surface area contributed by atoms with Crippen LogP contribution in [0.3, 0.4) is 0 Å². The van der Waals surface area contributed by atoms with Crippen molar-refractivity contribution in [2.24, 2.45) is 0 Å². The van der Waals surface area contributed by atoms with Crippen LogP contribution in [-0.2, 0) is 0 Å². The lowest BCUT2D eigenvalue weighted by molar-refractivity contribution is 0.415. The normalized spacial score (nSPS) is 14.1. The zero-order valence-electron chi connectivity index (χ0n) is 18.7. The van der Waals surface area contributed by atoms with Crippen LogP contribution in [0.4, 0.5) is 11.5 Å². The maximum atomic E-state index is 9.78. The molecule has 6 nitrogen and oxygen atoms in total. The molecule has 1 aromatic heterocycles. The molecule has 0 amide bonds. The van der Waals surface area contributed by atoms with Gasteiger partial charge in [0.05, 0.1) is 18.2 Å². The van der Waals surface area contributed by atoms with Crippen molar-refractivity contribution in [3.05, 3.63) is 59.2 Å². The molecule has 1 N–H and O–H groups in total. The van der Waals surface area contributed by atoms with Crippen LogP contribution in [0.15, 0.2) is 42.5 Å². The van der Waals surface area contributed by atoms with E-state index in [1.165, 1.54) is 5.56 Å². The van der Waals surface area contributed by atoms with E-state index >= 15 is 0 Å². The summed E-state index contributed by atoms with van der Waals surface area (Å²) in [7, 11) is 1.65. The number of hydrogen-bond acceptors (Lipinski definition) is 5. The Morgan fingerprint density at radius 1 is 1.12 bits per heavy atom. The minimum absolute atomic E-state index is 0.617. The molecule has 0 aliphatic carbocycles. The van der Waals surface area contributed by atoms with Gasteiger partial charge in [-0.3, -0.25) is 0 Å². The van der Waals surface area contributed by atoms with Gasteiger partial charge in [-0.2, -0.15) is 5.26 Å². The number of ether oxygens (including phenoxy) is 1. The number of pyridine rings is 1. The molecule has 2 aromatic carbocycles. The molecule has 1 saturated heterocycles. The minimum Gasteiger partial charge on any atom is -0.497 e. The number of hydrogen-bond donors (Lipinski definition) is 1. The molecular formula is C25H27N5OS. The van der Waals surface area contributed by atoms with Crippen LogP contribution in [-0.4, -0.2) is 48.3 Å². The maximum Gasteiger partial charge on any atom is 0.173 e. The highest BCUT2D eigenvalue weighted by Gasteiger charge is 2.21. The highest BCUT2D eigenvalue weighted by molar-refractivity contribution is 7.80. The standard InChI is InChI=1S/C25H27N5OS/c1-17-8-9-19-14-20(16-26)24(28-23(19)18(17)2)29-10-5-11-30(13-12-29)25(32)27-21-6-4-7-22(15-21)31-3/h4,6-9,14-15H,5,10-13H2,1-3H3,(H,27,32). The van der Waals surface area contributed by atoms with Crippen LogP contribution in [0.25, 0.3) is 10.9 Å². The summed E-state index contributed by atoms with van der Waals surface area (Å²) in [6.07, 6.45) is 0.928. The van der Waals surface area contributed by atoms with Crippen molar-refractivity contribution in [3.8, 4) is 11.8 Å². The van der Waals surface area contributed by atoms with Crippen LogP contribution in [0.5, 0.6) is 5.75 Å². The van der Waals surface area contributed by atoms with E-state index in [1.807, 2.05) is 36.4 Å². The number of benzene rings is 2. The van der Waals surface area contributed by atoms with Crippen LogP contribution in [0.2, 0.25) is 0 Å². The molecule has 2 heterocycles. The molecule has 1 fully saturated rings. The Kier molecular flexibility index (Phi) is 6.42. The first-order valence-corrected chi connectivity index (χ1v) is 11.2. The summed E-state index contributed by atoms with van der Waals surface area (Å²) in [4.78, 5) is 9.35. The Balaban J connectivity index is 1.53. The van der Waals surface area contributed by atoms with Crippen molar-refractivity contribution < 1.29 is 4.74 Å². The Morgan fingerprint density at radius 2 is 1.97 bits per heavy atom. The number of anilines is 2. The number of nitrogens with zero attached hydrogens (tertiary/aromatic N) is 4. The summed E-state index contributed by atoms with van der Waals surface area (Å²) >= 11 is 5.68. The monoisotopic (exact) mass is 445 g/mol. The second-order valence-corrected chi connectivity index (χ2v) is 8.43. The number of aromatic nitrogens is 1. The van der Waals surface area contributed by atoms with Crippen molar-refractivity contribution in [2.45, 2.75) is 20.3 Å². The van der Waals surface area contributed by atoms with Gasteiger partial charge in [0.25, 0.3) is 0 Å². The molecule has 1 aliphatic rings. The molecular weight excluding hydrogens is 418 g/mol. The van der Waals surface area contributed by atoms with E-state index in [4.69, 9.17) is 21.9 Å². The van der Waals surface area contributed by atoms with Gasteiger partial charge < -0.3 is 19.9 Å². The summed E-state index contributed by atoms with van der Waals surface area (Å²) in [5.74, 6) is 1.55. The first kappa shape index (κ1) is 21.8. The average molecular weight is 446 g/mol. The lowest BCUT2D eigenvalue weighted by Crippen LogP contribution is -2.38. The maximum absolute atomic E-state index is 9.78. The molecule has 1 aliphatic heterocycles. The van der Waals surface area contributed by atoms with Crippen LogP contribution < -0.4 is 15.0 Å². The summed E-state index contributed by atoms with van der Waals surface area (Å²) in [6.45, 7) is 7.36. The molecule has 0 saturated carbocycles. The Hall–Kier alpha value is -3.37. The molecule has 32 heavy (non-hydrogen) atoms. The van der Waals surface area contributed by atoms with Gasteiger partial charge in [-0.25, -0.2) is 4.98 Å². The van der Waals surface area contributed by atoms with Crippen molar-refractivity contribution in [2.75, 3.05) is 43.5 Å². The van der Waals surface area contributed by atoms with E-state index in [-0.39, 0.29) is 0 Å². The Labute approximate surface area is 194 Å². The fourth-order valence-corrected chi connectivity index (χ4v) is 4.33. The zero-order chi connectivity index (χ0) is 22.7. The Morgan fingerprint density at radius 3 is 2.75 bits per heavy atom. The van der Waals surface area contributed by atoms with Crippen LogP contribution in [0, 0.1) is 25.2 Å². The average Bonchev–Trinajstić information content (AvgIpc) is 3.07. The van der Waals surface area contributed by atoms with Gasteiger partial charge >= 0.3 is 0 Å². The van der Waals surface area contributed by atoms with E-state index in [0.717, 1.165) is 66.3 Å². The quantitative estimate of drug-likeness (QED) is 0.589. The van der Waals surface area contributed by atoms with Gasteiger partial charge in [-0.05, 0) is 61.8 Å².